The number of carboxylic acids is 1. The van der Waals surface area contributed by atoms with E-state index in [1.165, 1.54) is 46.1 Å². The van der Waals surface area contributed by atoms with Gasteiger partial charge in [-0.15, -0.1) is 0 Å². The Hall–Kier alpha value is -4.62. The molecule has 1 N–H and O–H groups in total. The number of anilines is 2. The Labute approximate surface area is 229 Å². The van der Waals surface area contributed by atoms with E-state index in [1.54, 1.807) is 6.07 Å². The minimum atomic E-state index is -1.19. The van der Waals surface area contributed by atoms with E-state index in [0.29, 0.717) is 17.9 Å². The van der Waals surface area contributed by atoms with Gasteiger partial charge in [0.15, 0.2) is 0 Å². The summed E-state index contributed by atoms with van der Waals surface area (Å²) in [7, 11) is 0. The fourth-order valence-electron chi connectivity index (χ4n) is 6.44. The maximum absolute atomic E-state index is 11.3. The van der Waals surface area contributed by atoms with Gasteiger partial charge >= 0.3 is 5.97 Å². The van der Waals surface area contributed by atoms with Gasteiger partial charge in [0.1, 0.15) is 11.6 Å². The van der Waals surface area contributed by atoms with Crippen molar-refractivity contribution in [2.75, 3.05) is 4.90 Å². The number of benzene rings is 4. The molecule has 1 heterocycles. The van der Waals surface area contributed by atoms with Crippen molar-refractivity contribution < 1.29 is 9.90 Å². The fraction of sp³-hybridized carbons (Fsp3) is 0.200. The van der Waals surface area contributed by atoms with Crippen molar-refractivity contribution in [1.82, 2.24) is 0 Å². The summed E-state index contributed by atoms with van der Waals surface area (Å²) >= 11 is 0. The number of carboxylic acid groups (broad SMARTS) is 1. The fourth-order valence-corrected chi connectivity index (χ4v) is 6.44. The summed E-state index contributed by atoms with van der Waals surface area (Å²) in [6.07, 6.45) is 5.84. The van der Waals surface area contributed by atoms with Crippen LogP contribution in [0.2, 0.25) is 0 Å². The second kappa shape index (κ2) is 10.6. The molecule has 2 aliphatic rings. The molecule has 0 saturated heterocycles. The molecule has 4 heteroatoms. The zero-order valence-electron chi connectivity index (χ0n) is 21.7. The van der Waals surface area contributed by atoms with Crippen molar-refractivity contribution in [2.45, 2.75) is 43.6 Å². The lowest BCUT2D eigenvalue weighted by molar-refractivity contribution is -0.132. The zero-order valence-corrected chi connectivity index (χ0v) is 21.7. The summed E-state index contributed by atoms with van der Waals surface area (Å²) < 4.78 is 0. The molecular formula is C35H30N2O2. The Balaban J connectivity index is 1.30. The molecule has 39 heavy (non-hydrogen) atoms. The molecule has 0 bridgehead atoms. The molecule has 2 unspecified atom stereocenters. The van der Waals surface area contributed by atoms with Crippen molar-refractivity contribution in [3.63, 3.8) is 0 Å². The summed E-state index contributed by atoms with van der Waals surface area (Å²) in [5.41, 5.74) is 8.11. The molecule has 1 saturated carbocycles. The largest absolute Gasteiger partial charge is 0.477 e. The van der Waals surface area contributed by atoms with Crippen LogP contribution in [0.4, 0.5) is 11.4 Å². The average Bonchev–Trinajstić information content (AvgIpc) is 3.57. The van der Waals surface area contributed by atoms with Crippen LogP contribution in [0.1, 0.15) is 58.9 Å². The first-order valence-corrected chi connectivity index (χ1v) is 13.6. The number of nitriles is 1. The number of carbonyl (C=O) groups is 1. The molecule has 2 atom stereocenters. The second-order valence-electron chi connectivity index (χ2n) is 10.5. The van der Waals surface area contributed by atoms with Gasteiger partial charge in [-0.25, -0.2) is 4.79 Å². The molecular weight excluding hydrogens is 480 g/mol. The van der Waals surface area contributed by atoms with Crippen LogP contribution in [-0.2, 0) is 11.2 Å². The predicted molar refractivity (Wildman–Crippen MR) is 155 cm³/mol. The maximum atomic E-state index is 11.3. The number of nitrogens with zero attached hydrogens (tertiary/aromatic N) is 2. The highest BCUT2D eigenvalue weighted by Crippen LogP contribution is 2.52. The third-order valence-electron chi connectivity index (χ3n) is 8.24. The van der Waals surface area contributed by atoms with E-state index in [0.717, 1.165) is 24.8 Å². The number of hydrogen-bond donors (Lipinski definition) is 1. The standard InChI is InChI=1S/C35H30N2O2/c36-23-28(35(38)39)20-25-16-19-34-32(22-25)30-12-7-13-33(30)37(34)29-17-14-24(15-18-29)21-31(26-8-3-1-4-9-26)27-10-5-2-6-11-27/h1-6,8-11,14-20,22,30-31,33H,7,12-13,21H2,(H,38,39). The van der Waals surface area contributed by atoms with Crippen LogP contribution in [0.25, 0.3) is 6.08 Å². The highest BCUT2D eigenvalue weighted by molar-refractivity contribution is 5.96. The first-order valence-electron chi connectivity index (χ1n) is 13.6. The van der Waals surface area contributed by atoms with Gasteiger partial charge < -0.3 is 10.0 Å². The van der Waals surface area contributed by atoms with Crippen LogP contribution in [0, 0.1) is 11.3 Å². The maximum Gasteiger partial charge on any atom is 0.346 e. The Morgan fingerprint density at radius 1 is 0.923 bits per heavy atom. The van der Waals surface area contributed by atoms with E-state index < -0.39 is 5.97 Å². The van der Waals surface area contributed by atoms with E-state index in [-0.39, 0.29) is 5.57 Å². The molecule has 4 aromatic rings. The Kier molecular flexibility index (Phi) is 6.73. The lowest BCUT2D eigenvalue weighted by atomic mass is 9.86. The smallest absolute Gasteiger partial charge is 0.346 e. The zero-order chi connectivity index (χ0) is 26.8. The summed E-state index contributed by atoms with van der Waals surface area (Å²) in [6, 6.07) is 38.8. The molecule has 0 spiro atoms. The summed E-state index contributed by atoms with van der Waals surface area (Å²) in [5.74, 6) is -0.482. The van der Waals surface area contributed by atoms with Gasteiger partial charge in [0.05, 0.1) is 0 Å². The highest BCUT2D eigenvalue weighted by Gasteiger charge is 2.42. The molecule has 4 nitrogen and oxygen atoms in total. The quantitative estimate of drug-likeness (QED) is 0.203. The topological polar surface area (TPSA) is 64.3 Å². The van der Waals surface area contributed by atoms with E-state index in [4.69, 9.17) is 0 Å². The van der Waals surface area contributed by atoms with Gasteiger partial charge in [0.25, 0.3) is 0 Å². The summed E-state index contributed by atoms with van der Waals surface area (Å²) in [5, 5.41) is 18.5. The normalized spacial score (nSPS) is 18.1. The third-order valence-corrected chi connectivity index (χ3v) is 8.24. The van der Waals surface area contributed by atoms with Crippen LogP contribution >= 0.6 is 0 Å². The van der Waals surface area contributed by atoms with Crippen LogP contribution in [0.3, 0.4) is 0 Å². The predicted octanol–water partition coefficient (Wildman–Crippen LogP) is 7.84. The second-order valence-corrected chi connectivity index (χ2v) is 10.5. The van der Waals surface area contributed by atoms with Crippen LogP contribution in [-0.4, -0.2) is 17.1 Å². The van der Waals surface area contributed by atoms with Gasteiger partial charge in [0.2, 0.25) is 0 Å². The molecule has 0 amide bonds. The number of hydrogen-bond acceptors (Lipinski definition) is 3. The Morgan fingerprint density at radius 2 is 1.59 bits per heavy atom. The van der Waals surface area contributed by atoms with Crippen molar-refractivity contribution in [3.8, 4) is 6.07 Å². The van der Waals surface area contributed by atoms with Gasteiger partial charge in [-0.05, 0) is 77.4 Å². The first-order chi connectivity index (χ1) is 19.1. The van der Waals surface area contributed by atoms with Gasteiger partial charge in [-0.2, -0.15) is 5.26 Å². The molecule has 192 valence electrons. The molecule has 1 fully saturated rings. The summed E-state index contributed by atoms with van der Waals surface area (Å²) in [4.78, 5) is 13.8. The SMILES string of the molecule is N#CC(=Cc1ccc2c(c1)C1CCCC1N2c1ccc(CC(c2ccccc2)c2ccccc2)cc1)C(=O)O. The molecule has 1 aliphatic carbocycles. The molecule has 0 radical (unpaired) electrons. The monoisotopic (exact) mass is 510 g/mol. The Bertz CT molecular complexity index is 1510. The van der Waals surface area contributed by atoms with Crippen LogP contribution < -0.4 is 4.90 Å². The van der Waals surface area contributed by atoms with Crippen molar-refractivity contribution in [1.29, 1.82) is 5.26 Å². The van der Waals surface area contributed by atoms with Crippen molar-refractivity contribution >= 4 is 23.4 Å². The van der Waals surface area contributed by atoms with Crippen molar-refractivity contribution in [3.05, 3.63) is 137 Å². The van der Waals surface area contributed by atoms with Gasteiger partial charge in [0, 0.05) is 29.3 Å². The van der Waals surface area contributed by atoms with E-state index >= 15 is 0 Å². The van der Waals surface area contributed by atoms with Crippen LogP contribution in [0.5, 0.6) is 0 Å². The number of aliphatic carboxylic acids is 1. The van der Waals surface area contributed by atoms with Crippen molar-refractivity contribution in [2.24, 2.45) is 0 Å². The minimum Gasteiger partial charge on any atom is -0.477 e. The molecule has 6 rings (SSSR count). The van der Waals surface area contributed by atoms with E-state index in [2.05, 4.69) is 102 Å². The highest BCUT2D eigenvalue weighted by atomic mass is 16.4. The van der Waals surface area contributed by atoms with E-state index in [1.807, 2.05) is 6.07 Å². The molecule has 0 aromatic heterocycles. The first kappa shape index (κ1) is 24.7. The third kappa shape index (κ3) is 4.84. The van der Waals surface area contributed by atoms with Gasteiger partial charge in [-0.3, -0.25) is 0 Å². The lowest BCUT2D eigenvalue weighted by Crippen LogP contribution is -2.26. The molecule has 4 aromatic carbocycles. The Morgan fingerprint density at radius 3 is 2.21 bits per heavy atom. The number of rotatable bonds is 7. The van der Waals surface area contributed by atoms with Gasteiger partial charge in [-0.1, -0.05) is 85.3 Å². The van der Waals surface area contributed by atoms with E-state index in [9.17, 15) is 15.2 Å². The minimum absolute atomic E-state index is 0.243. The number of fused-ring (bicyclic) bond motifs is 3. The summed E-state index contributed by atoms with van der Waals surface area (Å²) in [6.45, 7) is 0. The average molecular weight is 511 g/mol. The lowest BCUT2D eigenvalue weighted by Gasteiger charge is -2.27. The molecule has 1 aliphatic heterocycles. The van der Waals surface area contributed by atoms with Crippen LogP contribution in [0.15, 0.2) is 109 Å².